The maximum absolute atomic E-state index is 13.3. The van der Waals surface area contributed by atoms with Gasteiger partial charge in [0.05, 0.1) is 16.8 Å². The Hall–Kier alpha value is -3.72. The summed E-state index contributed by atoms with van der Waals surface area (Å²) in [7, 11) is 0. The van der Waals surface area contributed by atoms with Crippen LogP contribution in [0.5, 0.6) is 0 Å². The molecule has 2 N–H and O–H groups in total. The summed E-state index contributed by atoms with van der Waals surface area (Å²) >= 11 is 1.22. The van der Waals surface area contributed by atoms with Gasteiger partial charge in [-0.1, -0.05) is 23.0 Å². The van der Waals surface area contributed by atoms with Gasteiger partial charge in [0.15, 0.2) is 4.80 Å². The lowest BCUT2D eigenvalue weighted by Crippen LogP contribution is -2.43. The van der Waals surface area contributed by atoms with E-state index in [1.54, 1.807) is 16.7 Å². The highest BCUT2D eigenvalue weighted by Crippen LogP contribution is 2.33. The fourth-order valence-corrected chi connectivity index (χ4v) is 5.05. The van der Waals surface area contributed by atoms with Gasteiger partial charge in [-0.05, 0) is 49.7 Å². The molecule has 0 atom stereocenters. The van der Waals surface area contributed by atoms with Gasteiger partial charge in [0, 0.05) is 11.3 Å². The van der Waals surface area contributed by atoms with Crippen LogP contribution in [0.15, 0.2) is 46.2 Å². The molecule has 0 fully saturated rings. The number of carbonyl (C=O) groups excluding carboxylic acids is 1. The second-order valence-electron chi connectivity index (χ2n) is 7.61. The average molecular weight is 434 g/mol. The molecular formula is C22H18N4O4S. The molecule has 0 aliphatic carbocycles. The highest BCUT2D eigenvalue weighted by molar-refractivity contribution is 7.07. The van der Waals surface area contributed by atoms with Gasteiger partial charge < -0.3 is 15.3 Å². The minimum Gasteiger partial charge on any atom is -0.478 e. The molecule has 0 bridgehead atoms. The van der Waals surface area contributed by atoms with Gasteiger partial charge in [-0.15, -0.1) is 0 Å². The van der Waals surface area contributed by atoms with Crippen molar-refractivity contribution in [2.45, 2.75) is 20.5 Å². The maximum Gasteiger partial charge on any atom is 0.335 e. The lowest BCUT2D eigenvalue weighted by Gasteiger charge is -2.25. The first-order valence-corrected chi connectivity index (χ1v) is 10.4. The normalized spacial score (nSPS) is 16.5. The zero-order valence-electron chi connectivity index (χ0n) is 16.8. The smallest absolute Gasteiger partial charge is 0.335 e. The van der Waals surface area contributed by atoms with E-state index in [0.29, 0.717) is 21.6 Å². The van der Waals surface area contributed by atoms with Gasteiger partial charge >= 0.3 is 5.97 Å². The standard InChI is InChI=1S/C22H18N4O4S/c1-11-7-12(2)17-15(8-11)16(19(27)24-17)18-20(28)26-10-25(9-23-22(26)31-18)14-5-3-13(4-6-14)21(29)30/h3-8H,9-10H2,1-2H3,(H,24,27)(H,29,30)/b18-16-. The first-order valence-electron chi connectivity index (χ1n) is 9.63. The Morgan fingerprint density at radius 3 is 2.61 bits per heavy atom. The number of hydrogen-bond donors (Lipinski definition) is 2. The number of carbonyl (C=O) groups is 2. The molecule has 9 heteroatoms. The molecule has 0 spiro atoms. The van der Waals surface area contributed by atoms with Crippen molar-refractivity contribution in [2.24, 2.45) is 4.99 Å². The molecule has 31 heavy (non-hydrogen) atoms. The van der Waals surface area contributed by atoms with Gasteiger partial charge in [0.1, 0.15) is 17.9 Å². The van der Waals surface area contributed by atoms with Crippen molar-refractivity contribution in [1.29, 1.82) is 0 Å². The molecule has 1 amide bonds. The van der Waals surface area contributed by atoms with E-state index in [1.165, 1.54) is 23.5 Å². The van der Waals surface area contributed by atoms with Crippen LogP contribution in [0.1, 0.15) is 27.0 Å². The van der Waals surface area contributed by atoms with Gasteiger partial charge in [-0.3, -0.25) is 14.2 Å². The molecule has 0 radical (unpaired) electrons. The number of fused-ring (bicyclic) bond motifs is 2. The number of aromatic nitrogens is 1. The lowest BCUT2D eigenvalue weighted by atomic mass is 10.0. The van der Waals surface area contributed by atoms with Gasteiger partial charge in [0.2, 0.25) is 0 Å². The minimum absolute atomic E-state index is 0.196. The molecule has 3 heterocycles. The number of thiazole rings is 1. The zero-order chi connectivity index (χ0) is 21.9. The number of carboxylic acids is 1. The monoisotopic (exact) mass is 434 g/mol. The third-order valence-electron chi connectivity index (χ3n) is 5.47. The van der Waals surface area contributed by atoms with Gasteiger partial charge in [-0.25, -0.2) is 9.79 Å². The van der Waals surface area contributed by atoms with Crippen LogP contribution in [0.4, 0.5) is 11.4 Å². The molecule has 3 aromatic rings. The predicted molar refractivity (Wildman–Crippen MR) is 117 cm³/mol. The van der Waals surface area contributed by atoms with E-state index in [-0.39, 0.29) is 23.7 Å². The van der Waals surface area contributed by atoms with Crippen LogP contribution in [-0.2, 0) is 11.5 Å². The summed E-state index contributed by atoms with van der Waals surface area (Å²) in [5, 5.41) is 12.0. The summed E-state index contributed by atoms with van der Waals surface area (Å²) in [4.78, 5) is 44.0. The lowest BCUT2D eigenvalue weighted by molar-refractivity contribution is -0.110. The van der Waals surface area contributed by atoms with Crippen LogP contribution in [0, 0.1) is 13.8 Å². The molecule has 2 aliphatic rings. The third-order valence-corrected chi connectivity index (χ3v) is 6.59. The molecule has 0 saturated heterocycles. The summed E-state index contributed by atoms with van der Waals surface area (Å²) in [6, 6.07) is 10.4. The Balaban J connectivity index is 1.60. The number of nitrogens with one attached hydrogen (secondary N) is 1. The van der Waals surface area contributed by atoms with Crippen LogP contribution in [0.25, 0.3) is 5.57 Å². The number of benzene rings is 2. The van der Waals surface area contributed by atoms with E-state index < -0.39 is 5.97 Å². The Kier molecular flexibility index (Phi) is 4.30. The van der Waals surface area contributed by atoms with Crippen LogP contribution in [0.2, 0.25) is 0 Å². The van der Waals surface area contributed by atoms with E-state index >= 15 is 0 Å². The number of rotatable bonds is 2. The Morgan fingerprint density at radius 1 is 1.16 bits per heavy atom. The quantitative estimate of drug-likeness (QED) is 0.635. The van der Waals surface area contributed by atoms with Crippen molar-refractivity contribution in [1.82, 2.24) is 4.57 Å². The van der Waals surface area contributed by atoms with Crippen molar-refractivity contribution in [3.8, 4) is 0 Å². The Labute approximate surface area is 180 Å². The number of nitrogens with zero attached hydrogens (tertiary/aromatic N) is 3. The highest BCUT2D eigenvalue weighted by atomic mass is 32.1. The molecule has 1 aromatic heterocycles. The summed E-state index contributed by atoms with van der Waals surface area (Å²) < 4.78 is 1.93. The topological polar surface area (TPSA) is 104 Å². The second-order valence-corrected chi connectivity index (χ2v) is 8.59. The molecule has 2 aromatic carbocycles. The zero-order valence-corrected chi connectivity index (χ0v) is 17.6. The summed E-state index contributed by atoms with van der Waals surface area (Å²) in [6.45, 7) is 4.50. The van der Waals surface area contributed by atoms with E-state index in [4.69, 9.17) is 5.11 Å². The second kappa shape index (κ2) is 6.92. The van der Waals surface area contributed by atoms with E-state index in [0.717, 1.165) is 28.1 Å². The van der Waals surface area contributed by atoms with Crippen LogP contribution < -0.4 is 25.1 Å². The Bertz CT molecular complexity index is 1450. The van der Waals surface area contributed by atoms with Gasteiger partial charge in [0.25, 0.3) is 11.5 Å². The van der Waals surface area contributed by atoms with Crippen molar-refractivity contribution < 1.29 is 14.7 Å². The largest absolute Gasteiger partial charge is 0.478 e. The van der Waals surface area contributed by atoms with E-state index in [9.17, 15) is 14.4 Å². The van der Waals surface area contributed by atoms with Crippen LogP contribution in [0.3, 0.4) is 0 Å². The first kappa shape index (κ1) is 19.3. The van der Waals surface area contributed by atoms with Crippen LogP contribution >= 0.6 is 11.3 Å². The number of carboxylic acid groups (broad SMARTS) is 1. The molecule has 0 saturated carbocycles. The van der Waals surface area contributed by atoms with Crippen molar-refractivity contribution in [3.05, 3.63) is 78.3 Å². The van der Waals surface area contributed by atoms with Crippen LogP contribution in [-0.4, -0.2) is 28.2 Å². The third kappa shape index (κ3) is 3.05. The van der Waals surface area contributed by atoms with Crippen molar-refractivity contribution >= 4 is 40.2 Å². The number of amides is 1. The number of anilines is 2. The molecule has 2 aliphatic heterocycles. The predicted octanol–water partition coefficient (Wildman–Crippen LogP) is 1.43. The van der Waals surface area contributed by atoms with E-state index in [2.05, 4.69) is 10.3 Å². The minimum atomic E-state index is -0.992. The summed E-state index contributed by atoms with van der Waals surface area (Å²) in [6.07, 6.45) is 0. The fourth-order valence-electron chi connectivity index (χ4n) is 3.99. The molecule has 0 unspecified atom stereocenters. The highest BCUT2D eigenvalue weighted by Gasteiger charge is 2.29. The van der Waals surface area contributed by atoms with Crippen molar-refractivity contribution in [3.63, 3.8) is 0 Å². The molecule has 8 nitrogen and oxygen atoms in total. The van der Waals surface area contributed by atoms with Gasteiger partial charge in [-0.2, -0.15) is 0 Å². The molecule has 5 rings (SSSR count). The average Bonchev–Trinajstić information content (AvgIpc) is 3.24. The molecular weight excluding hydrogens is 416 g/mol. The fraction of sp³-hybridized carbons (Fsp3) is 0.182. The number of hydrogen-bond acceptors (Lipinski definition) is 6. The van der Waals surface area contributed by atoms with Crippen molar-refractivity contribution in [2.75, 3.05) is 16.9 Å². The number of aromatic carboxylic acids is 1. The first-order chi connectivity index (χ1) is 14.8. The number of aryl methyl sites for hydroxylation is 2. The van der Waals surface area contributed by atoms with E-state index in [1.807, 2.05) is 30.9 Å². The summed E-state index contributed by atoms with van der Waals surface area (Å²) in [5.41, 5.74) is 4.58. The maximum atomic E-state index is 13.3. The molecule has 156 valence electrons. The Morgan fingerprint density at radius 2 is 1.90 bits per heavy atom. The summed E-state index contributed by atoms with van der Waals surface area (Å²) in [5.74, 6) is -1.27. The SMILES string of the molecule is Cc1cc(C)c2c(c1)/C(=c1/sc3n(c1=O)CN(c1ccc(C(=O)O)cc1)CN=3)C(=O)N2.